The van der Waals surface area contributed by atoms with Crippen molar-refractivity contribution in [1.82, 2.24) is 0 Å². The van der Waals surface area contributed by atoms with Crippen LogP contribution in [0.15, 0.2) is 84.9 Å². The third kappa shape index (κ3) is 8.58. The van der Waals surface area contributed by atoms with E-state index in [1.807, 2.05) is 0 Å². The molecule has 0 aliphatic rings. The van der Waals surface area contributed by atoms with Gasteiger partial charge < -0.3 is 34.7 Å². The van der Waals surface area contributed by atoms with Gasteiger partial charge in [0, 0.05) is 5.56 Å². The fraction of sp³-hybridized carbons (Fsp3) is 0.152. The van der Waals surface area contributed by atoms with Crippen molar-refractivity contribution in [2.45, 2.75) is 6.42 Å². The van der Waals surface area contributed by atoms with Crippen LogP contribution in [0.25, 0.3) is 0 Å². The highest BCUT2D eigenvalue weighted by Gasteiger charge is 2.15. The minimum atomic E-state index is -1.22. The Kier molecular flexibility index (Phi) is 10.5. The molecule has 0 radical (unpaired) electrons. The molecule has 2 amide bonds. The first-order valence-corrected chi connectivity index (χ1v) is 13.4. The Hall–Kier alpha value is -5.84. The number of nitrogens with one attached hydrogen (secondary N) is 2. The standard InChI is InChI=1S/C33H30N2O9/c1-41-24-5-9-26(10-6-24)43-19-31(37)34-29-13-3-21(16-23(29)18-36)15-22-4-14-30(28(17-22)33(39)40)35-32(38)20-44-27-11-7-25(42-2)8-12-27/h3-14,16-18H,15,19-20H2,1-2H3,(H,34,37)(H,35,38)(H,39,40). The fourth-order valence-electron chi connectivity index (χ4n) is 4.17. The highest BCUT2D eigenvalue weighted by atomic mass is 16.5. The molecule has 0 heterocycles. The van der Waals surface area contributed by atoms with Crippen LogP contribution < -0.4 is 29.6 Å². The lowest BCUT2D eigenvalue weighted by Gasteiger charge is -2.13. The van der Waals surface area contributed by atoms with E-state index in [0.29, 0.717) is 52.5 Å². The van der Waals surface area contributed by atoms with E-state index in [2.05, 4.69) is 10.6 Å². The van der Waals surface area contributed by atoms with Crippen molar-refractivity contribution < 1.29 is 43.2 Å². The molecule has 44 heavy (non-hydrogen) atoms. The molecule has 3 N–H and O–H groups in total. The second-order valence-electron chi connectivity index (χ2n) is 9.43. The average Bonchev–Trinajstić information content (AvgIpc) is 3.04. The first-order valence-electron chi connectivity index (χ1n) is 13.4. The number of aromatic carboxylic acids is 1. The number of hydrogen-bond donors (Lipinski definition) is 3. The lowest BCUT2D eigenvalue weighted by molar-refractivity contribution is -0.118. The molecule has 4 aromatic carbocycles. The zero-order valence-electron chi connectivity index (χ0n) is 24.0. The molecule has 0 aromatic heterocycles. The first-order chi connectivity index (χ1) is 21.3. The number of anilines is 2. The van der Waals surface area contributed by atoms with Gasteiger partial charge in [0.1, 0.15) is 23.0 Å². The Morgan fingerprint density at radius 3 is 1.59 bits per heavy atom. The van der Waals surface area contributed by atoms with Crippen LogP contribution in [0.4, 0.5) is 11.4 Å². The van der Waals surface area contributed by atoms with Crippen molar-refractivity contribution in [1.29, 1.82) is 0 Å². The largest absolute Gasteiger partial charge is 0.497 e. The van der Waals surface area contributed by atoms with Crippen LogP contribution in [0, 0.1) is 0 Å². The maximum atomic E-state index is 12.4. The maximum absolute atomic E-state index is 12.4. The van der Waals surface area contributed by atoms with E-state index in [4.69, 9.17) is 18.9 Å². The second-order valence-corrected chi connectivity index (χ2v) is 9.43. The molecule has 0 saturated heterocycles. The minimum Gasteiger partial charge on any atom is -0.497 e. The molecule has 0 unspecified atom stereocenters. The molecular formula is C33H30N2O9. The van der Waals surface area contributed by atoms with Gasteiger partial charge in [-0.1, -0.05) is 12.1 Å². The van der Waals surface area contributed by atoms with Gasteiger partial charge in [0.05, 0.1) is 31.2 Å². The highest BCUT2D eigenvalue weighted by Crippen LogP contribution is 2.23. The summed E-state index contributed by atoms with van der Waals surface area (Å²) in [7, 11) is 3.09. The Bertz CT molecular complexity index is 1630. The van der Waals surface area contributed by atoms with Crippen LogP contribution in [-0.4, -0.2) is 56.6 Å². The van der Waals surface area contributed by atoms with Crippen LogP contribution in [0.3, 0.4) is 0 Å². The predicted molar refractivity (Wildman–Crippen MR) is 162 cm³/mol. The molecule has 0 bridgehead atoms. The van der Waals surface area contributed by atoms with Crippen LogP contribution in [-0.2, 0) is 16.0 Å². The number of carboxylic acid groups (broad SMARTS) is 1. The van der Waals surface area contributed by atoms with Gasteiger partial charge in [-0.2, -0.15) is 0 Å². The van der Waals surface area contributed by atoms with Gasteiger partial charge in [-0.15, -0.1) is 0 Å². The summed E-state index contributed by atoms with van der Waals surface area (Å²) in [5.74, 6) is 0.0448. The molecule has 226 valence electrons. The molecule has 0 saturated carbocycles. The molecule has 0 spiro atoms. The average molecular weight is 599 g/mol. The van der Waals surface area contributed by atoms with Gasteiger partial charge in [0.2, 0.25) is 0 Å². The third-order valence-corrected chi connectivity index (χ3v) is 6.37. The van der Waals surface area contributed by atoms with E-state index in [0.717, 1.165) is 0 Å². The Morgan fingerprint density at radius 2 is 1.11 bits per heavy atom. The third-order valence-electron chi connectivity index (χ3n) is 6.37. The summed E-state index contributed by atoms with van der Waals surface area (Å²) in [6.45, 7) is -0.584. The molecule has 0 aliphatic carbocycles. The molecule has 4 rings (SSSR count). The lowest BCUT2D eigenvalue weighted by Crippen LogP contribution is -2.21. The smallest absolute Gasteiger partial charge is 0.337 e. The summed E-state index contributed by atoms with van der Waals surface area (Å²) < 4.78 is 21.1. The first kappa shape index (κ1) is 31.1. The van der Waals surface area contributed by atoms with Gasteiger partial charge in [-0.25, -0.2) is 4.79 Å². The minimum absolute atomic E-state index is 0.100. The molecule has 0 fully saturated rings. The Balaban J connectivity index is 1.36. The summed E-state index contributed by atoms with van der Waals surface area (Å²) in [5.41, 5.74) is 1.93. The van der Waals surface area contributed by atoms with Crippen molar-refractivity contribution in [3.05, 3.63) is 107 Å². The number of hydrogen-bond acceptors (Lipinski definition) is 8. The van der Waals surface area contributed by atoms with Crippen molar-refractivity contribution in [2.75, 3.05) is 38.1 Å². The molecule has 4 aromatic rings. The van der Waals surface area contributed by atoms with Gasteiger partial charge in [0.25, 0.3) is 11.8 Å². The topological polar surface area (TPSA) is 149 Å². The molecule has 0 atom stereocenters. The highest BCUT2D eigenvalue weighted by molar-refractivity contribution is 6.01. The van der Waals surface area contributed by atoms with Crippen LogP contribution in [0.1, 0.15) is 31.8 Å². The van der Waals surface area contributed by atoms with E-state index in [-0.39, 0.29) is 30.0 Å². The van der Waals surface area contributed by atoms with Crippen molar-refractivity contribution in [3.8, 4) is 23.0 Å². The summed E-state index contributed by atoms with van der Waals surface area (Å²) >= 11 is 0. The number of ether oxygens (including phenoxy) is 4. The number of methoxy groups -OCH3 is 2. The van der Waals surface area contributed by atoms with E-state index < -0.39 is 17.8 Å². The van der Waals surface area contributed by atoms with Gasteiger partial charge in [0.15, 0.2) is 19.5 Å². The van der Waals surface area contributed by atoms with Gasteiger partial charge in [-0.05, 0) is 90.3 Å². The van der Waals surface area contributed by atoms with Crippen LogP contribution in [0.5, 0.6) is 23.0 Å². The van der Waals surface area contributed by atoms with Gasteiger partial charge >= 0.3 is 5.97 Å². The van der Waals surface area contributed by atoms with E-state index in [9.17, 15) is 24.3 Å². The Morgan fingerprint density at radius 1 is 0.659 bits per heavy atom. The fourth-order valence-corrected chi connectivity index (χ4v) is 4.17. The monoisotopic (exact) mass is 598 g/mol. The van der Waals surface area contributed by atoms with Crippen LogP contribution in [0.2, 0.25) is 0 Å². The zero-order chi connectivity index (χ0) is 31.5. The van der Waals surface area contributed by atoms with Crippen molar-refractivity contribution in [2.24, 2.45) is 0 Å². The number of aldehydes is 1. The number of carbonyl (C=O) groups excluding carboxylic acids is 3. The number of amides is 2. The molecule has 11 nitrogen and oxygen atoms in total. The predicted octanol–water partition coefficient (Wildman–Crippen LogP) is 4.84. The SMILES string of the molecule is COc1ccc(OCC(=O)Nc2ccc(Cc3ccc(NC(=O)COc4ccc(OC)cc4)c(C(=O)O)c3)cc2C=O)cc1. The summed E-state index contributed by atoms with van der Waals surface area (Å²) in [4.78, 5) is 48.6. The number of benzene rings is 4. The van der Waals surface area contributed by atoms with E-state index in [1.165, 1.54) is 19.2 Å². The quantitative estimate of drug-likeness (QED) is 0.173. The van der Waals surface area contributed by atoms with Gasteiger partial charge in [-0.3, -0.25) is 14.4 Å². The van der Waals surface area contributed by atoms with E-state index >= 15 is 0 Å². The Labute approximate surface area is 253 Å². The summed E-state index contributed by atoms with van der Waals surface area (Å²) in [6, 6.07) is 23.0. The maximum Gasteiger partial charge on any atom is 0.337 e. The lowest BCUT2D eigenvalue weighted by atomic mass is 9.99. The summed E-state index contributed by atoms with van der Waals surface area (Å²) in [5, 5.41) is 15.0. The second kappa shape index (κ2) is 14.9. The number of rotatable bonds is 14. The van der Waals surface area contributed by atoms with Crippen LogP contribution >= 0.6 is 0 Å². The number of carboxylic acids is 1. The molecular weight excluding hydrogens is 568 g/mol. The molecule has 0 aliphatic heterocycles. The zero-order valence-corrected chi connectivity index (χ0v) is 24.0. The normalized spacial score (nSPS) is 10.3. The molecule has 11 heteroatoms. The number of carbonyl (C=O) groups is 4. The van der Waals surface area contributed by atoms with Crippen molar-refractivity contribution in [3.63, 3.8) is 0 Å². The van der Waals surface area contributed by atoms with E-state index in [1.54, 1.807) is 79.9 Å². The van der Waals surface area contributed by atoms with Crippen molar-refractivity contribution >= 4 is 35.4 Å². The summed E-state index contributed by atoms with van der Waals surface area (Å²) in [6.07, 6.45) is 0.920.